The molecule has 1 atom stereocenters. The summed E-state index contributed by atoms with van der Waals surface area (Å²) in [4.78, 5) is 49.0. The third-order valence-corrected chi connectivity index (χ3v) is 4.26. The van der Waals surface area contributed by atoms with Crippen LogP contribution in [0.25, 0.3) is 0 Å². The molecule has 3 rings (SSSR count). The second kappa shape index (κ2) is 6.60. The lowest BCUT2D eigenvalue weighted by Crippen LogP contribution is -2.41. The summed E-state index contributed by atoms with van der Waals surface area (Å²) in [6.07, 6.45) is 0. The van der Waals surface area contributed by atoms with Gasteiger partial charge in [0.15, 0.2) is 5.54 Å². The average molecular weight is 370 g/mol. The van der Waals surface area contributed by atoms with Crippen LogP contribution in [0.15, 0.2) is 40.8 Å². The van der Waals surface area contributed by atoms with Gasteiger partial charge in [0.2, 0.25) is 11.8 Å². The van der Waals surface area contributed by atoms with Gasteiger partial charge in [-0.1, -0.05) is 0 Å². The number of nitrogens with one attached hydrogen (secondary N) is 2. The highest BCUT2D eigenvalue weighted by Gasteiger charge is 2.51. The largest absolute Gasteiger partial charge is 0.463 e. The smallest absolute Gasteiger partial charge is 0.325 e. The standard InChI is InChI=1S/C18H18N4O5/c1-10-3-8-13(27-10)18(2)16(25)22(17(26)21-18)9-14(23)20-12-6-4-11(5-7-12)15(19)24/h3-8H,9H2,1-2H3,(H2,19,24)(H,20,23)(H,21,26)/t18-/m1/s1. The van der Waals surface area contributed by atoms with Crippen molar-refractivity contribution in [2.24, 2.45) is 5.73 Å². The molecule has 0 unspecified atom stereocenters. The fourth-order valence-corrected chi connectivity index (χ4v) is 2.77. The van der Waals surface area contributed by atoms with Crippen LogP contribution in [0.5, 0.6) is 0 Å². The van der Waals surface area contributed by atoms with Crippen molar-refractivity contribution in [3.8, 4) is 0 Å². The summed E-state index contributed by atoms with van der Waals surface area (Å²) in [6, 6.07) is 8.53. The maximum Gasteiger partial charge on any atom is 0.325 e. The Labute approximate surface area is 154 Å². The molecule has 2 aromatic rings. The fraction of sp³-hybridized carbons (Fsp3) is 0.222. The number of anilines is 1. The predicted octanol–water partition coefficient (Wildman–Crippen LogP) is 1.09. The third kappa shape index (κ3) is 3.39. The van der Waals surface area contributed by atoms with E-state index in [0.29, 0.717) is 22.8 Å². The molecule has 5 amide bonds. The second-order valence-electron chi connectivity index (χ2n) is 6.35. The number of benzene rings is 1. The van der Waals surface area contributed by atoms with Crippen molar-refractivity contribution in [2.75, 3.05) is 11.9 Å². The van der Waals surface area contributed by atoms with Gasteiger partial charge in [0.25, 0.3) is 5.91 Å². The van der Waals surface area contributed by atoms with Gasteiger partial charge >= 0.3 is 6.03 Å². The summed E-state index contributed by atoms with van der Waals surface area (Å²) in [5.74, 6) is -0.835. The number of nitrogens with zero attached hydrogens (tertiary/aromatic N) is 1. The average Bonchev–Trinajstić information content (AvgIpc) is 3.14. The molecule has 9 heteroatoms. The van der Waals surface area contributed by atoms with E-state index in [4.69, 9.17) is 10.2 Å². The minimum atomic E-state index is -1.37. The Balaban J connectivity index is 1.69. The van der Waals surface area contributed by atoms with E-state index in [1.165, 1.54) is 31.2 Å². The summed E-state index contributed by atoms with van der Waals surface area (Å²) in [5, 5.41) is 5.12. The van der Waals surface area contributed by atoms with Crippen molar-refractivity contribution in [1.82, 2.24) is 10.2 Å². The van der Waals surface area contributed by atoms with Crippen LogP contribution in [0.1, 0.15) is 28.8 Å². The first-order valence-corrected chi connectivity index (χ1v) is 8.11. The second-order valence-corrected chi connectivity index (χ2v) is 6.35. The van der Waals surface area contributed by atoms with Gasteiger partial charge in [0, 0.05) is 11.3 Å². The minimum absolute atomic E-state index is 0.295. The van der Waals surface area contributed by atoms with Crippen LogP contribution in [0.2, 0.25) is 0 Å². The van der Waals surface area contributed by atoms with E-state index in [2.05, 4.69) is 10.6 Å². The summed E-state index contributed by atoms with van der Waals surface area (Å²) < 4.78 is 5.47. The van der Waals surface area contributed by atoms with Gasteiger partial charge in [0.05, 0.1) is 0 Å². The van der Waals surface area contributed by atoms with Crippen LogP contribution >= 0.6 is 0 Å². The molecule has 1 saturated heterocycles. The minimum Gasteiger partial charge on any atom is -0.463 e. The highest BCUT2D eigenvalue weighted by molar-refractivity contribution is 6.10. The summed E-state index contributed by atoms with van der Waals surface area (Å²) in [6.45, 7) is 2.78. The van der Waals surface area contributed by atoms with E-state index in [1.807, 2.05) is 0 Å². The van der Waals surface area contributed by atoms with Crippen molar-refractivity contribution in [1.29, 1.82) is 0 Å². The summed E-state index contributed by atoms with van der Waals surface area (Å²) in [5.41, 5.74) is 4.49. The first-order valence-electron chi connectivity index (χ1n) is 8.11. The van der Waals surface area contributed by atoms with Crippen molar-refractivity contribution in [3.05, 3.63) is 53.5 Å². The van der Waals surface area contributed by atoms with E-state index in [-0.39, 0.29) is 0 Å². The molecule has 0 aliphatic carbocycles. The Morgan fingerprint density at radius 1 is 1.19 bits per heavy atom. The van der Waals surface area contributed by atoms with Crippen LogP contribution in [0.4, 0.5) is 10.5 Å². The van der Waals surface area contributed by atoms with E-state index < -0.39 is 35.8 Å². The summed E-state index contributed by atoms with van der Waals surface area (Å²) >= 11 is 0. The normalized spacial score (nSPS) is 19.1. The SMILES string of the molecule is Cc1ccc([C@@]2(C)NC(=O)N(CC(=O)Nc3ccc(C(N)=O)cc3)C2=O)o1. The molecule has 1 aromatic heterocycles. The van der Waals surface area contributed by atoms with Gasteiger partial charge in [-0.2, -0.15) is 0 Å². The fourth-order valence-electron chi connectivity index (χ4n) is 2.77. The third-order valence-electron chi connectivity index (χ3n) is 4.26. The van der Waals surface area contributed by atoms with Gasteiger partial charge in [-0.05, 0) is 50.2 Å². The number of primary amides is 1. The maximum absolute atomic E-state index is 12.7. The van der Waals surface area contributed by atoms with Crippen molar-refractivity contribution in [2.45, 2.75) is 19.4 Å². The monoisotopic (exact) mass is 370 g/mol. The van der Waals surface area contributed by atoms with Gasteiger partial charge in [0.1, 0.15) is 18.1 Å². The van der Waals surface area contributed by atoms with E-state index in [1.54, 1.807) is 19.1 Å². The van der Waals surface area contributed by atoms with Crippen molar-refractivity contribution >= 4 is 29.4 Å². The van der Waals surface area contributed by atoms with E-state index in [0.717, 1.165) is 4.90 Å². The number of hydrogen-bond acceptors (Lipinski definition) is 5. The zero-order chi connectivity index (χ0) is 19.8. The first-order chi connectivity index (χ1) is 12.7. The number of aryl methyl sites for hydroxylation is 1. The molecule has 1 aliphatic heterocycles. The number of carbonyl (C=O) groups is 4. The molecule has 0 bridgehead atoms. The number of rotatable bonds is 5. The molecule has 1 aliphatic rings. The van der Waals surface area contributed by atoms with Gasteiger partial charge in [-0.25, -0.2) is 4.79 Å². The van der Waals surface area contributed by atoms with Crippen LogP contribution < -0.4 is 16.4 Å². The number of furan rings is 1. The number of nitrogens with two attached hydrogens (primary N) is 1. The van der Waals surface area contributed by atoms with Crippen LogP contribution in [0.3, 0.4) is 0 Å². The number of urea groups is 1. The highest BCUT2D eigenvalue weighted by Crippen LogP contribution is 2.30. The summed E-state index contributed by atoms with van der Waals surface area (Å²) in [7, 11) is 0. The van der Waals surface area contributed by atoms with E-state index >= 15 is 0 Å². The van der Waals surface area contributed by atoms with E-state index in [9.17, 15) is 19.2 Å². The van der Waals surface area contributed by atoms with Crippen molar-refractivity contribution in [3.63, 3.8) is 0 Å². The number of hydrogen-bond donors (Lipinski definition) is 3. The number of imide groups is 1. The molecule has 9 nitrogen and oxygen atoms in total. The molecular formula is C18H18N4O5. The van der Waals surface area contributed by atoms with Crippen molar-refractivity contribution < 1.29 is 23.6 Å². The first kappa shape index (κ1) is 18.2. The molecule has 0 spiro atoms. The van der Waals surface area contributed by atoms with Crippen LogP contribution in [0, 0.1) is 6.92 Å². The Morgan fingerprint density at radius 2 is 1.85 bits per heavy atom. The predicted molar refractivity (Wildman–Crippen MR) is 94.6 cm³/mol. The molecular weight excluding hydrogens is 352 g/mol. The molecule has 140 valence electrons. The topological polar surface area (TPSA) is 135 Å². The lowest BCUT2D eigenvalue weighted by atomic mass is 9.99. The molecule has 27 heavy (non-hydrogen) atoms. The number of amides is 5. The lowest BCUT2D eigenvalue weighted by molar-refractivity contribution is -0.134. The molecule has 0 saturated carbocycles. The molecule has 4 N–H and O–H groups in total. The highest BCUT2D eigenvalue weighted by atomic mass is 16.3. The van der Waals surface area contributed by atoms with Gasteiger partial charge in [-0.3, -0.25) is 19.3 Å². The quantitative estimate of drug-likeness (QED) is 0.677. The molecule has 1 fully saturated rings. The van der Waals surface area contributed by atoms with Crippen LogP contribution in [-0.4, -0.2) is 35.2 Å². The molecule has 1 aromatic carbocycles. The Hall–Kier alpha value is -3.62. The number of carbonyl (C=O) groups excluding carboxylic acids is 4. The Morgan fingerprint density at radius 3 is 2.41 bits per heavy atom. The Bertz CT molecular complexity index is 933. The molecule has 2 heterocycles. The van der Waals surface area contributed by atoms with Gasteiger partial charge in [-0.15, -0.1) is 0 Å². The molecule has 0 radical (unpaired) electrons. The maximum atomic E-state index is 12.7. The zero-order valence-corrected chi connectivity index (χ0v) is 14.7. The van der Waals surface area contributed by atoms with Crippen LogP contribution in [-0.2, 0) is 15.1 Å². The van der Waals surface area contributed by atoms with Gasteiger partial charge < -0.3 is 20.8 Å². The zero-order valence-electron chi connectivity index (χ0n) is 14.7. The lowest BCUT2D eigenvalue weighted by Gasteiger charge is -2.19. The Kier molecular flexibility index (Phi) is 4.44.